The van der Waals surface area contributed by atoms with E-state index in [0.717, 1.165) is 41.3 Å². The molecule has 0 spiro atoms. The molecule has 0 N–H and O–H groups in total. The van der Waals surface area contributed by atoms with E-state index in [4.69, 9.17) is 9.15 Å². The van der Waals surface area contributed by atoms with Crippen LogP contribution in [0.25, 0.3) is 11.0 Å². The lowest BCUT2D eigenvalue weighted by Crippen LogP contribution is -2.11. The van der Waals surface area contributed by atoms with Crippen LogP contribution in [0.15, 0.2) is 51.7 Å². The Labute approximate surface area is 145 Å². The van der Waals surface area contributed by atoms with Gasteiger partial charge >= 0.3 is 5.63 Å². The van der Waals surface area contributed by atoms with Crippen LogP contribution in [0, 0.1) is 6.92 Å². The molecule has 0 radical (unpaired) electrons. The minimum Gasteiger partial charge on any atom is -0.485 e. The maximum Gasteiger partial charge on any atom is 0.339 e. The van der Waals surface area contributed by atoms with Crippen molar-refractivity contribution in [3.8, 4) is 5.75 Å². The van der Waals surface area contributed by atoms with Crippen LogP contribution in [-0.2, 0) is 12.8 Å². The van der Waals surface area contributed by atoms with E-state index in [1.807, 2.05) is 31.2 Å². The molecule has 4 nitrogen and oxygen atoms in total. The fourth-order valence-electron chi connectivity index (χ4n) is 3.33. The Kier molecular flexibility index (Phi) is 3.88. The Morgan fingerprint density at radius 3 is 2.64 bits per heavy atom. The quantitative estimate of drug-likeness (QED) is 0.537. The molecule has 0 bridgehead atoms. The number of hydrogen-bond acceptors (Lipinski definition) is 4. The lowest BCUT2D eigenvalue weighted by atomic mass is 10.1. The first-order valence-corrected chi connectivity index (χ1v) is 8.43. The fraction of sp³-hybridized carbons (Fsp3) is 0.238. The third-order valence-electron chi connectivity index (χ3n) is 4.69. The summed E-state index contributed by atoms with van der Waals surface area (Å²) in [6.07, 6.45) is 2.68. The van der Waals surface area contributed by atoms with Gasteiger partial charge in [0.15, 0.2) is 12.4 Å². The van der Waals surface area contributed by atoms with Crippen LogP contribution < -0.4 is 10.4 Å². The second-order valence-corrected chi connectivity index (χ2v) is 6.44. The number of aryl methyl sites for hydroxylation is 2. The van der Waals surface area contributed by atoms with Gasteiger partial charge in [-0.05, 0) is 43.9 Å². The van der Waals surface area contributed by atoms with Crippen molar-refractivity contribution in [3.63, 3.8) is 0 Å². The van der Waals surface area contributed by atoms with Crippen molar-refractivity contribution in [3.05, 3.63) is 75.1 Å². The van der Waals surface area contributed by atoms with E-state index in [2.05, 4.69) is 0 Å². The monoisotopic (exact) mass is 334 g/mol. The highest BCUT2D eigenvalue weighted by atomic mass is 16.5. The maximum absolute atomic E-state index is 12.2. The highest BCUT2D eigenvalue weighted by Crippen LogP contribution is 2.29. The van der Waals surface area contributed by atoms with Gasteiger partial charge in [-0.2, -0.15) is 0 Å². The number of hydrogen-bond donors (Lipinski definition) is 0. The van der Waals surface area contributed by atoms with Crippen LogP contribution in [0.4, 0.5) is 0 Å². The summed E-state index contributed by atoms with van der Waals surface area (Å²) in [7, 11) is 0. The molecule has 1 aromatic heterocycles. The van der Waals surface area contributed by atoms with Gasteiger partial charge < -0.3 is 9.15 Å². The predicted molar refractivity (Wildman–Crippen MR) is 95.5 cm³/mol. The second kappa shape index (κ2) is 6.20. The molecule has 1 aliphatic rings. The first-order valence-electron chi connectivity index (χ1n) is 8.43. The predicted octanol–water partition coefficient (Wildman–Crippen LogP) is 3.85. The Bertz CT molecular complexity index is 1010. The van der Waals surface area contributed by atoms with Gasteiger partial charge in [-0.1, -0.05) is 29.8 Å². The third-order valence-corrected chi connectivity index (χ3v) is 4.69. The summed E-state index contributed by atoms with van der Waals surface area (Å²) in [6.45, 7) is 1.92. The molecule has 3 aromatic rings. The van der Waals surface area contributed by atoms with E-state index in [1.165, 1.54) is 0 Å². The molecule has 0 aliphatic heterocycles. The zero-order chi connectivity index (χ0) is 17.4. The highest BCUT2D eigenvalue weighted by Gasteiger charge is 2.19. The van der Waals surface area contributed by atoms with Crippen molar-refractivity contribution in [1.29, 1.82) is 0 Å². The van der Waals surface area contributed by atoms with Crippen LogP contribution in [0.3, 0.4) is 0 Å². The van der Waals surface area contributed by atoms with Gasteiger partial charge in [0.2, 0.25) is 0 Å². The third kappa shape index (κ3) is 2.95. The van der Waals surface area contributed by atoms with Crippen LogP contribution in [0.1, 0.15) is 33.5 Å². The van der Waals surface area contributed by atoms with Crippen LogP contribution >= 0.6 is 0 Å². The van der Waals surface area contributed by atoms with E-state index in [0.29, 0.717) is 16.9 Å². The molecule has 0 saturated heterocycles. The molecule has 4 heteroatoms. The number of carbonyl (C=O) groups excluding carboxylic acids is 1. The van der Waals surface area contributed by atoms with Crippen molar-refractivity contribution in [1.82, 2.24) is 0 Å². The van der Waals surface area contributed by atoms with Crippen molar-refractivity contribution in [2.45, 2.75) is 26.2 Å². The first-order chi connectivity index (χ1) is 12.1. The number of ketones is 1. The van der Waals surface area contributed by atoms with E-state index in [9.17, 15) is 9.59 Å². The van der Waals surface area contributed by atoms with Gasteiger partial charge in [0, 0.05) is 22.6 Å². The summed E-state index contributed by atoms with van der Waals surface area (Å²) in [6, 6.07) is 12.8. The molecule has 2 aromatic carbocycles. The van der Waals surface area contributed by atoms with Crippen molar-refractivity contribution in [2.75, 3.05) is 6.61 Å². The average molecular weight is 334 g/mol. The minimum atomic E-state index is -0.257. The van der Waals surface area contributed by atoms with Crippen LogP contribution in [-0.4, -0.2) is 12.4 Å². The van der Waals surface area contributed by atoms with E-state index < -0.39 is 0 Å². The number of rotatable bonds is 4. The van der Waals surface area contributed by atoms with Crippen LogP contribution in [0.5, 0.6) is 5.75 Å². The van der Waals surface area contributed by atoms with Gasteiger partial charge in [-0.15, -0.1) is 0 Å². The van der Waals surface area contributed by atoms with E-state index in [-0.39, 0.29) is 18.0 Å². The molecule has 0 fully saturated rings. The maximum atomic E-state index is 12.2. The Balaban J connectivity index is 1.56. The molecule has 0 amide bonds. The molecule has 4 rings (SSSR count). The Hall–Kier alpha value is -2.88. The Morgan fingerprint density at radius 1 is 1.08 bits per heavy atom. The molecule has 0 unspecified atom stereocenters. The van der Waals surface area contributed by atoms with Gasteiger partial charge in [-0.3, -0.25) is 4.79 Å². The number of Topliss-reactive ketones (excluding diaryl/α,β-unsaturated/α-hetero) is 1. The minimum absolute atomic E-state index is 0.0518. The summed E-state index contributed by atoms with van der Waals surface area (Å²) < 4.78 is 11.0. The number of fused-ring (bicyclic) bond motifs is 3. The smallest absolute Gasteiger partial charge is 0.339 e. The van der Waals surface area contributed by atoms with Gasteiger partial charge in [0.25, 0.3) is 0 Å². The topological polar surface area (TPSA) is 56.5 Å². The molecule has 1 heterocycles. The summed E-state index contributed by atoms with van der Waals surface area (Å²) in [5, 5.41) is 0.962. The summed E-state index contributed by atoms with van der Waals surface area (Å²) in [4.78, 5) is 24.3. The molecule has 1 aliphatic carbocycles. The number of ether oxygens (including phenoxy) is 1. The molecule has 0 saturated carbocycles. The zero-order valence-electron chi connectivity index (χ0n) is 14.0. The normalized spacial score (nSPS) is 13.0. The van der Waals surface area contributed by atoms with Gasteiger partial charge in [-0.25, -0.2) is 4.79 Å². The summed E-state index contributed by atoms with van der Waals surface area (Å²) in [5.74, 6) is 0.435. The molecule has 25 heavy (non-hydrogen) atoms. The Morgan fingerprint density at radius 2 is 1.84 bits per heavy atom. The largest absolute Gasteiger partial charge is 0.485 e. The van der Waals surface area contributed by atoms with Crippen molar-refractivity contribution in [2.24, 2.45) is 0 Å². The van der Waals surface area contributed by atoms with E-state index >= 15 is 0 Å². The molecular formula is C21H18O4. The number of benzene rings is 2. The van der Waals surface area contributed by atoms with Crippen molar-refractivity contribution < 1.29 is 13.9 Å². The van der Waals surface area contributed by atoms with Crippen molar-refractivity contribution >= 4 is 16.8 Å². The highest BCUT2D eigenvalue weighted by molar-refractivity contribution is 5.97. The molecular weight excluding hydrogens is 316 g/mol. The number of carbonyl (C=O) groups is 1. The van der Waals surface area contributed by atoms with Gasteiger partial charge in [0.1, 0.15) is 11.3 Å². The lowest BCUT2D eigenvalue weighted by molar-refractivity contribution is 0.0921. The summed E-state index contributed by atoms with van der Waals surface area (Å²) in [5.41, 5.74) is 3.88. The molecule has 126 valence electrons. The fourth-order valence-corrected chi connectivity index (χ4v) is 3.33. The second-order valence-electron chi connectivity index (χ2n) is 6.44. The lowest BCUT2D eigenvalue weighted by Gasteiger charge is -2.08. The zero-order valence-corrected chi connectivity index (χ0v) is 14.0. The first kappa shape index (κ1) is 15.6. The average Bonchev–Trinajstić information content (AvgIpc) is 3.11. The summed E-state index contributed by atoms with van der Waals surface area (Å²) >= 11 is 0. The molecule has 0 atom stereocenters. The SMILES string of the molecule is Cc1ccc(C(=O)COc2ccc3c4c(c(=O)oc3c2)CCC4)cc1. The van der Waals surface area contributed by atoms with Gasteiger partial charge in [0.05, 0.1) is 0 Å². The standard InChI is InChI=1S/C21H18O4/c1-13-5-7-14(8-6-13)19(22)12-24-15-9-10-17-16-3-2-4-18(16)21(23)25-20(17)11-15/h5-11H,2-4,12H2,1H3. The van der Waals surface area contributed by atoms with Crippen LogP contribution in [0.2, 0.25) is 0 Å². The van der Waals surface area contributed by atoms with E-state index in [1.54, 1.807) is 18.2 Å².